The molecule has 0 amide bonds. The van der Waals surface area contributed by atoms with Crippen molar-refractivity contribution < 1.29 is 5.11 Å². The van der Waals surface area contributed by atoms with Crippen LogP contribution < -0.4 is 5.19 Å². The summed E-state index contributed by atoms with van der Waals surface area (Å²) in [4.78, 5) is 0. The highest BCUT2D eigenvalue weighted by Crippen LogP contribution is 2.26. The van der Waals surface area contributed by atoms with E-state index in [2.05, 4.69) is 75.0 Å². The van der Waals surface area contributed by atoms with Crippen LogP contribution in [0.25, 0.3) is 0 Å². The summed E-state index contributed by atoms with van der Waals surface area (Å²) >= 11 is 0. The molecule has 0 heterocycles. The number of hydrogen-bond acceptors (Lipinski definition) is 1. The smallest absolute Gasteiger partial charge is 0.132 e. The van der Waals surface area contributed by atoms with Gasteiger partial charge in [-0.25, -0.2) is 0 Å². The monoisotopic (exact) mass is 330 g/mol. The van der Waals surface area contributed by atoms with Crippen molar-refractivity contribution in [3.8, 4) is 11.5 Å². The summed E-state index contributed by atoms with van der Waals surface area (Å²) in [5.41, 5.74) is 3.41. The molecule has 120 valence electrons. The van der Waals surface area contributed by atoms with Gasteiger partial charge in [-0.05, 0) is 19.3 Å². The maximum Gasteiger partial charge on any atom is 0.132 e. The molecule has 0 saturated heterocycles. The quantitative estimate of drug-likeness (QED) is 0.360. The lowest BCUT2D eigenvalue weighted by Gasteiger charge is -2.38. The molecule has 0 bridgehead atoms. The Morgan fingerprint density at radius 3 is 2.23 bits per heavy atom. The second-order valence-electron chi connectivity index (χ2n) is 7.53. The molecule has 0 radical (unpaired) electrons. The highest BCUT2D eigenvalue weighted by atomic mass is 28.3. The van der Waals surface area contributed by atoms with Gasteiger partial charge in [-0.1, -0.05) is 80.3 Å². The van der Waals surface area contributed by atoms with Gasteiger partial charge in [0.25, 0.3) is 0 Å². The fourth-order valence-corrected chi connectivity index (χ4v) is 5.80. The summed E-state index contributed by atoms with van der Waals surface area (Å²) in [5.74, 6) is 3.33. The zero-order valence-corrected chi connectivity index (χ0v) is 16.7. The third kappa shape index (κ3) is 4.98. The van der Waals surface area contributed by atoms with Crippen LogP contribution in [0.2, 0.25) is 32.7 Å². The van der Waals surface area contributed by atoms with Crippen molar-refractivity contribution in [1.29, 1.82) is 0 Å². The van der Waals surface area contributed by atoms with Gasteiger partial charge in [0.15, 0.2) is 0 Å². The number of aliphatic hydroxyl groups is 1. The molecule has 0 saturated carbocycles. The number of unbranched alkanes of at least 4 members (excludes halogenated alkanes) is 1. The second kappa shape index (κ2) is 7.45. The molecule has 1 N–H and O–H groups in total. The number of benzene rings is 1. The summed E-state index contributed by atoms with van der Waals surface area (Å²) in [5, 5.41) is 11.8. The van der Waals surface area contributed by atoms with Gasteiger partial charge >= 0.3 is 0 Å². The maximum absolute atomic E-state index is 11.5. The van der Waals surface area contributed by atoms with E-state index in [-0.39, 0.29) is 0 Å². The molecule has 3 heteroatoms. The highest BCUT2D eigenvalue weighted by molar-refractivity contribution is 6.93. The molecular formula is C19H30OSi2. The molecule has 0 aliphatic carbocycles. The van der Waals surface area contributed by atoms with E-state index in [1.807, 2.05) is 12.1 Å². The summed E-state index contributed by atoms with van der Waals surface area (Å²) in [6.07, 6.45) is 4.51. The number of rotatable bonds is 6. The number of hydrogen-bond donors (Lipinski definition) is 1. The van der Waals surface area contributed by atoms with E-state index in [4.69, 9.17) is 0 Å². The Hall–Kier alpha value is -1.09. The van der Waals surface area contributed by atoms with E-state index >= 15 is 0 Å². The third-order valence-corrected chi connectivity index (χ3v) is 9.22. The van der Waals surface area contributed by atoms with Crippen LogP contribution in [0.1, 0.15) is 19.3 Å². The van der Waals surface area contributed by atoms with Crippen LogP contribution in [-0.2, 0) is 0 Å². The minimum atomic E-state index is -2.11. The fraction of sp³-hybridized carbons (Fsp3) is 0.474. The van der Waals surface area contributed by atoms with E-state index in [1.165, 1.54) is 5.19 Å². The van der Waals surface area contributed by atoms with Crippen molar-refractivity contribution >= 4 is 21.3 Å². The van der Waals surface area contributed by atoms with Crippen molar-refractivity contribution in [1.82, 2.24) is 0 Å². The summed E-state index contributed by atoms with van der Waals surface area (Å²) in [7, 11) is -3.63. The Balaban J connectivity index is 3.23. The average molecular weight is 331 g/mol. The fourth-order valence-electron chi connectivity index (χ4n) is 2.42. The first-order chi connectivity index (χ1) is 10.1. The lowest BCUT2D eigenvalue weighted by Crippen LogP contribution is -2.61. The van der Waals surface area contributed by atoms with Gasteiger partial charge in [0.1, 0.15) is 21.4 Å². The van der Waals surface area contributed by atoms with Gasteiger partial charge in [0, 0.05) is 0 Å². The predicted molar refractivity (Wildman–Crippen MR) is 104 cm³/mol. The van der Waals surface area contributed by atoms with Crippen LogP contribution >= 0.6 is 0 Å². The molecule has 0 aliphatic heterocycles. The van der Waals surface area contributed by atoms with Gasteiger partial charge in [-0.15, -0.1) is 12.1 Å². The molecule has 0 fully saturated rings. The van der Waals surface area contributed by atoms with Gasteiger partial charge in [-0.3, -0.25) is 0 Å². The zero-order valence-electron chi connectivity index (χ0n) is 14.7. The standard InChI is InChI=1S/C19H30OSi2/c1-7-8-12-15-19(20,16-17-21(2,3)4)22(5,6)18-13-10-9-11-14-18/h7,9-11,13-14,20H,1,8,12,15H2,2-6H3. The average Bonchev–Trinajstić information content (AvgIpc) is 2.45. The van der Waals surface area contributed by atoms with Crippen molar-refractivity contribution in [2.45, 2.75) is 57.2 Å². The van der Waals surface area contributed by atoms with Crippen LogP contribution in [0.3, 0.4) is 0 Å². The van der Waals surface area contributed by atoms with Crippen LogP contribution in [0, 0.1) is 11.5 Å². The van der Waals surface area contributed by atoms with Crippen LogP contribution in [-0.4, -0.2) is 26.5 Å². The van der Waals surface area contributed by atoms with E-state index < -0.39 is 21.4 Å². The van der Waals surface area contributed by atoms with Crippen LogP contribution in [0.4, 0.5) is 0 Å². The van der Waals surface area contributed by atoms with Crippen molar-refractivity contribution in [3.63, 3.8) is 0 Å². The molecular weight excluding hydrogens is 300 g/mol. The molecule has 0 spiro atoms. The van der Waals surface area contributed by atoms with Crippen molar-refractivity contribution in [3.05, 3.63) is 43.0 Å². The van der Waals surface area contributed by atoms with Gasteiger partial charge in [0.2, 0.25) is 0 Å². The Bertz CT molecular complexity index is 546. The Kier molecular flexibility index (Phi) is 6.42. The third-order valence-electron chi connectivity index (χ3n) is 4.12. The van der Waals surface area contributed by atoms with E-state index in [1.54, 1.807) is 0 Å². The Morgan fingerprint density at radius 1 is 1.14 bits per heavy atom. The minimum absolute atomic E-state index is 0.727. The van der Waals surface area contributed by atoms with Gasteiger partial charge in [0.05, 0.1) is 0 Å². The molecule has 1 unspecified atom stereocenters. The second-order valence-corrected chi connectivity index (χ2v) is 16.9. The zero-order chi connectivity index (χ0) is 16.9. The molecule has 22 heavy (non-hydrogen) atoms. The first-order valence-electron chi connectivity index (χ1n) is 8.05. The molecule has 1 nitrogen and oxygen atoms in total. The SMILES string of the molecule is C=CCCCC(O)(C#C[Si](C)(C)C)[Si](C)(C)c1ccccc1. The normalized spacial score (nSPS) is 14.6. The first-order valence-corrected chi connectivity index (χ1v) is 14.6. The van der Waals surface area contributed by atoms with Gasteiger partial charge in [-0.2, -0.15) is 0 Å². The van der Waals surface area contributed by atoms with Gasteiger partial charge < -0.3 is 5.11 Å². The summed E-state index contributed by atoms with van der Waals surface area (Å²) < 4.78 is 0. The maximum atomic E-state index is 11.5. The van der Waals surface area contributed by atoms with E-state index in [9.17, 15) is 5.11 Å². The lowest BCUT2D eigenvalue weighted by molar-refractivity contribution is 0.164. The minimum Gasteiger partial charge on any atom is -0.381 e. The van der Waals surface area contributed by atoms with Crippen molar-refractivity contribution in [2.24, 2.45) is 0 Å². The molecule has 0 aliphatic rings. The topological polar surface area (TPSA) is 20.2 Å². The van der Waals surface area contributed by atoms with E-state index in [0.29, 0.717) is 0 Å². The summed E-state index contributed by atoms with van der Waals surface area (Å²) in [6, 6.07) is 10.4. The molecule has 1 aromatic rings. The number of allylic oxidation sites excluding steroid dienone is 1. The molecule has 1 rings (SSSR count). The largest absolute Gasteiger partial charge is 0.381 e. The van der Waals surface area contributed by atoms with Crippen LogP contribution in [0.15, 0.2) is 43.0 Å². The molecule has 0 aromatic heterocycles. The van der Waals surface area contributed by atoms with Crippen molar-refractivity contribution in [2.75, 3.05) is 0 Å². The Morgan fingerprint density at radius 2 is 1.73 bits per heavy atom. The first kappa shape index (κ1) is 19.0. The molecule has 1 aromatic carbocycles. The highest BCUT2D eigenvalue weighted by Gasteiger charge is 2.45. The lowest BCUT2D eigenvalue weighted by atomic mass is 10.1. The summed E-state index contributed by atoms with van der Waals surface area (Å²) in [6.45, 7) is 14.9. The Labute approximate surface area is 138 Å². The van der Waals surface area contributed by atoms with Crippen LogP contribution in [0.5, 0.6) is 0 Å². The predicted octanol–water partition coefficient (Wildman–Crippen LogP) is 4.11. The van der Waals surface area contributed by atoms with E-state index in [0.717, 1.165) is 19.3 Å². The molecule has 1 atom stereocenters.